The standard InChI is InChI=1S/C21H18FNO/c1-15(16-11-13-20(22)14-12-16)23-21(24)19-9-7-18(8-10-19)17-5-3-2-4-6-17/h2-15H,1H3,(H,23,24)/t15-/m1/s1. The van der Waals surface area contributed by atoms with Gasteiger partial charge in [-0.25, -0.2) is 4.39 Å². The van der Waals surface area contributed by atoms with Crippen molar-refractivity contribution in [3.05, 3.63) is 95.8 Å². The van der Waals surface area contributed by atoms with Crippen molar-refractivity contribution in [3.8, 4) is 11.1 Å². The molecule has 3 rings (SSSR count). The molecule has 0 radical (unpaired) electrons. The van der Waals surface area contributed by atoms with Crippen LogP contribution in [0.5, 0.6) is 0 Å². The average molecular weight is 319 g/mol. The van der Waals surface area contributed by atoms with Crippen LogP contribution in [-0.2, 0) is 0 Å². The summed E-state index contributed by atoms with van der Waals surface area (Å²) in [5, 5.41) is 2.93. The minimum atomic E-state index is -0.284. The molecular weight excluding hydrogens is 301 g/mol. The largest absolute Gasteiger partial charge is 0.346 e. The highest BCUT2D eigenvalue weighted by atomic mass is 19.1. The van der Waals surface area contributed by atoms with Crippen LogP contribution in [0.1, 0.15) is 28.9 Å². The van der Waals surface area contributed by atoms with E-state index in [1.165, 1.54) is 12.1 Å². The Balaban J connectivity index is 1.70. The van der Waals surface area contributed by atoms with Gasteiger partial charge in [-0.3, -0.25) is 4.79 Å². The molecule has 120 valence electrons. The van der Waals surface area contributed by atoms with Crippen LogP contribution >= 0.6 is 0 Å². The second kappa shape index (κ2) is 7.09. The molecule has 0 bridgehead atoms. The summed E-state index contributed by atoms with van der Waals surface area (Å²) in [5.74, 6) is -0.430. The van der Waals surface area contributed by atoms with Gasteiger partial charge in [0.15, 0.2) is 0 Å². The van der Waals surface area contributed by atoms with Crippen LogP contribution in [0.15, 0.2) is 78.9 Å². The maximum absolute atomic E-state index is 13.0. The van der Waals surface area contributed by atoms with Gasteiger partial charge in [-0.2, -0.15) is 0 Å². The van der Waals surface area contributed by atoms with Crippen LogP contribution in [0, 0.1) is 5.82 Å². The molecule has 0 aromatic heterocycles. The molecular formula is C21H18FNO. The van der Waals surface area contributed by atoms with Crippen molar-refractivity contribution in [2.75, 3.05) is 0 Å². The van der Waals surface area contributed by atoms with Crippen LogP contribution in [-0.4, -0.2) is 5.91 Å². The number of hydrogen-bond donors (Lipinski definition) is 1. The first-order chi connectivity index (χ1) is 11.6. The quantitative estimate of drug-likeness (QED) is 0.721. The number of amides is 1. The van der Waals surface area contributed by atoms with E-state index in [4.69, 9.17) is 0 Å². The fraction of sp³-hybridized carbons (Fsp3) is 0.0952. The topological polar surface area (TPSA) is 29.1 Å². The smallest absolute Gasteiger partial charge is 0.251 e. The van der Waals surface area contributed by atoms with Gasteiger partial charge >= 0.3 is 0 Å². The monoisotopic (exact) mass is 319 g/mol. The number of benzene rings is 3. The Bertz CT molecular complexity index is 811. The number of rotatable bonds is 4. The summed E-state index contributed by atoms with van der Waals surface area (Å²) in [4.78, 5) is 12.4. The SMILES string of the molecule is C[C@@H](NC(=O)c1ccc(-c2ccccc2)cc1)c1ccc(F)cc1. The Morgan fingerprint density at radius 2 is 1.42 bits per heavy atom. The lowest BCUT2D eigenvalue weighted by atomic mass is 10.0. The van der Waals surface area contributed by atoms with Gasteiger partial charge in [0.05, 0.1) is 6.04 Å². The molecule has 0 heterocycles. The molecule has 0 aliphatic rings. The summed E-state index contributed by atoms with van der Waals surface area (Å²) in [6.07, 6.45) is 0. The van der Waals surface area contributed by atoms with E-state index in [9.17, 15) is 9.18 Å². The highest BCUT2D eigenvalue weighted by molar-refractivity contribution is 5.94. The highest BCUT2D eigenvalue weighted by Gasteiger charge is 2.11. The summed E-state index contributed by atoms with van der Waals surface area (Å²) in [7, 11) is 0. The van der Waals surface area contributed by atoms with E-state index in [-0.39, 0.29) is 17.8 Å². The van der Waals surface area contributed by atoms with E-state index in [1.54, 1.807) is 12.1 Å². The minimum absolute atomic E-state index is 0.147. The van der Waals surface area contributed by atoms with Crippen molar-refractivity contribution in [1.29, 1.82) is 0 Å². The van der Waals surface area contributed by atoms with Gasteiger partial charge in [0.2, 0.25) is 0 Å². The molecule has 1 atom stereocenters. The van der Waals surface area contributed by atoms with Gasteiger partial charge in [-0.1, -0.05) is 54.6 Å². The number of nitrogens with one attached hydrogen (secondary N) is 1. The molecule has 0 saturated carbocycles. The van der Waals surface area contributed by atoms with Crippen molar-refractivity contribution in [1.82, 2.24) is 5.32 Å². The molecule has 3 aromatic carbocycles. The number of hydrogen-bond acceptors (Lipinski definition) is 1. The van der Waals surface area contributed by atoms with E-state index in [1.807, 2.05) is 61.5 Å². The van der Waals surface area contributed by atoms with Gasteiger partial charge in [0.25, 0.3) is 5.91 Å². The molecule has 3 heteroatoms. The Hall–Kier alpha value is -2.94. The predicted octanol–water partition coefficient (Wildman–Crippen LogP) is 4.98. The van der Waals surface area contributed by atoms with Gasteiger partial charge in [0.1, 0.15) is 5.82 Å². The maximum Gasteiger partial charge on any atom is 0.251 e. The lowest BCUT2D eigenvalue weighted by Crippen LogP contribution is -2.26. The van der Waals surface area contributed by atoms with Gasteiger partial charge in [0, 0.05) is 5.56 Å². The van der Waals surface area contributed by atoms with Crippen LogP contribution < -0.4 is 5.32 Å². The Morgan fingerprint density at radius 1 is 0.833 bits per heavy atom. The van der Waals surface area contributed by atoms with Crippen LogP contribution in [0.4, 0.5) is 4.39 Å². The summed E-state index contributed by atoms with van der Waals surface area (Å²) in [6.45, 7) is 1.88. The molecule has 1 amide bonds. The van der Waals surface area contributed by atoms with E-state index >= 15 is 0 Å². The predicted molar refractivity (Wildman–Crippen MR) is 94.2 cm³/mol. The second-order valence-corrected chi connectivity index (χ2v) is 5.69. The molecule has 3 aromatic rings. The first-order valence-electron chi connectivity index (χ1n) is 7.85. The lowest BCUT2D eigenvalue weighted by molar-refractivity contribution is 0.0940. The number of carbonyl (C=O) groups excluding carboxylic acids is 1. The van der Waals surface area contributed by atoms with Crippen LogP contribution in [0.25, 0.3) is 11.1 Å². The van der Waals surface area contributed by atoms with Gasteiger partial charge in [-0.05, 0) is 47.9 Å². The first-order valence-corrected chi connectivity index (χ1v) is 7.85. The first kappa shape index (κ1) is 15.9. The molecule has 0 fully saturated rings. The van der Waals surface area contributed by atoms with E-state index in [0.717, 1.165) is 16.7 Å². The maximum atomic E-state index is 13.0. The third-order valence-electron chi connectivity index (χ3n) is 3.97. The Morgan fingerprint density at radius 3 is 2.04 bits per heavy atom. The second-order valence-electron chi connectivity index (χ2n) is 5.69. The minimum Gasteiger partial charge on any atom is -0.346 e. The zero-order chi connectivity index (χ0) is 16.9. The van der Waals surface area contributed by atoms with Crippen molar-refractivity contribution < 1.29 is 9.18 Å². The molecule has 1 N–H and O–H groups in total. The third kappa shape index (κ3) is 3.69. The highest BCUT2D eigenvalue weighted by Crippen LogP contribution is 2.20. The average Bonchev–Trinajstić information content (AvgIpc) is 2.63. The summed E-state index contributed by atoms with van der Waals surface area (Å²) >= 11 is 0. The number of carbonyl (C=O) groups is 1. The van der Waals surface area contributed by atoms with E-state index in [2.05, 4.69) is 5.32 Å². The zero-order valence-corrected chi connectivity index (χ0v) is 13.4. The van der Waals surface area contributed by atoms with E-state index < -0.39 is 0 Å². The van der Waals surface area contributed by atoms with E-state index in [0.29, 0.717) is 5.56 Å². The van der Waals surface area contributed by atoms with Crippen molar-refractivity contribution in [3.63, 3.8) is 0 Å². The molecule has 0 saturated heterocycles. The lowest BCUT2D eigenvalue weighted by Gasteiger charge is -2.14. The van der Waals surface area contributed by atoms with Crippen molar-refractivity contribution in [2.45, 2.75) is 13.0 Å². The molecule has 0 spiro atoms. The Kier molecular flexibility index (Phi) is 4.71. The molecule has 24 heavy (non-hydrogen) atoms. The van der Waals surface area contributed by atoms with Gasteiger partial charge < -0.3 is 5.32 Å². The summed E-state index contributed by atoms with van der Waals surface area (Å²) < 4.78 is 13.0. The third-order valence-corrected chi connectivity index (χ3v) is 3.97. The molecule has 2 nitrogen and oxygen atoms in total. The molecule has 0 aliphatic heterocycles. The molecule has 0 aliphatic carbocycles. The number of halogens is 1. The van der Waals surface area contributed by atoms with Crippen molar-refractivity contribution in [2.24, 2.45) is 0 Å². The Labute approximate surface area is 141 Å². The molecule has 0 unspecified atom stereocenters. The normalized spacial score (nSPS) is 11.8. The summed E-state index contributed by atoms with van der Waals surface area (Å²) in [5.41, 5.74) is 3.65. The van der Waals surface area contributed by atoms with Crippen molar-refractivity contribution >= 4 is 5.91 Å². The van der Waals surface area contributed by atoms with Gasteiger partial charge in [-0.15, -0.1) is 0 Å². The zero-order valence-electron chi connectivity index (χ0n) is 13.4. The fourth-order valence-corrected chi connectivity index (χ4v) is 2.56. The van der Waals surface area contributed by atoms with Crippen LogP contribution in [0.2, 0.25) is 0 Å². The van der Waals surface area contributed by atoms with Crippen LogP contribution in [0.3, 0.4) is 0 Å². The summed E-state index contributed by atoms with van der Waals surface area (Å²) in [6, 6.07) is 23.5. The fourth-order valence-electron chi connectivity index (χ4n) is 2.56.